The third-order valence-corrected chi connectivity index (χ3v) is 29.2. The van der Waals surface area contributed by atoms with E-state index in [4.69, 9.17) is 0 Å². The second-order valence-corrected chi connectivity index (χ2v) is 37.0. The molecule has 45 heteroatoms. The van der Waals surface area contributed by atoms with Crippen LogP contribution in [0.4, 0.5) is 176 Å². The average molecular weight is 2190 g/mol. The number of thiol groups is 1. The Morgan fingerprint density at radius 3 is 0.727 bits per heavy atom. The third-order valence-electron chi connectivity index (χ3n) is 24.4. The first-order valence-corrected chi connectivity index (χ1v) is 45.2. The Morgan fingerprint density at radius 2 is 0.420 bits per heavy atom. The molecule has 1 atom stereocenters. The molecular formula is C105H46B2F40S3. The molecule has 0 aliphatic rings. The summed E-state index contributed by atoms with van der Waals surface area (Å²) in [4.78, 5) is 9.12. The maximum Gasteiger partial charge on any atom is 0.200 e. The van der Waals surface area contributed by atoms with Crippen molar-refractivity contribution in [1.29, 1.82) is 0 Å². The molecule has 17 aromatic rings. The highest BCUT2D eigenvalue weighted by Gasteiger charge is 2.56. The maximum absolute atomic E-state index is 15.4. The smallest absolute Gasteiger partial charge is 0.200 e. The molecule has 0 saturated carbocycles. The number of rotatable bonds is 19. The van der Waals surface area contributed by atoms with Crippen LogP contribution in [0.5, 0.6) is 0 Å². The van der Waals surface area contributed by atoms with Crippen LogP contribution in [-0.4, -0.2) is 12.3 Å². The molecule has 1 unspecified atom stereocenters. The Kier molecular flexibility index (Phi) is 31.1. The summed E-state index contributed by atoms with van der Waals surface area (Å²) >= 11 is 3.05. The van der Waals surface area contributed by atoms with Gasteiger partial charge in [0.2, 0.25) is 0 Å². The van der Waals surface area contributed by atoms with Crippen LogP contribution in [0.3, 0.4) is 0 Å². The molecule has 0 fully saturated rings. The lowest BCUT2D eigenvalue weighted by Crippen LogP contribution is -2.81. The second kappa shape index (κ2) is 42.6. The van der Waals surface area contributed by atoms with Crippen LogP contribution >= 0.6 is 11.8 Å². The van der Waals surface area contributed by atoms with E-state index in [9.17, 15) is 105 Å². The highest BCUT2D eigenvalue weighted by Crippen LogP contribution is 2.45. The molecule has 0 aliphatic heterocycles. The fraction of sp³-hybridized carbons (Fsp3) is 0.0286. The van der Waals surface area contributed by atoms with Crippen molar-refractivity contribution in [3.63, 3.8) is 0 Å². The number of aryl methyl sites for hydroxylation is 3. The molecule has 770 valence electrons. The van der Waals surface area contributed by atoms with Crippen molar-refractivity contribution in [2.75, 3.05) is 0 Å². The summed E-state index contributed by atoms with van der Waals surface area (Å²) in [7, 11) is -0.257. The third kappa shape index (κ3) is 18.3. The number of benzene rings is 17. The molecular weight excluding hydrogens is 2140 g/mol. The minimum Gasteiger partial charge on any atom is -0.207 e. The quantitative estimate of drug-likeness (QED) is 0.0194. The first-order valence-electron chi connectivity index (χ1n) is 42.3. The van der Waals surface area contributed by atoms with E-state index in [1.54, 1.807) is 0 Å². The van der Waals surface area contributed by atoms with Crippen molar-refractivity contribution in [3.8, 4) is 44.5 Å². The van der Waals surface area contributed by atoms with E-state index >= 15 is 70.2 Å². The fourth-order valence-corrected chi connectivity index (χ4v) is 22.1. The predicted molar refractivity (Wildman–Crippen MR) is 478 cm³/mol. The number of halogens is 40. The molecule has 0 nitrogen and oxygen atoms in total. The molecule has 0 N–H and O–H groups in total. The van der Waals surface area contributed by atoms with Gasteiger partial charge in [0, 0.05) is 38.7 Å². The molecule has 0 spiro atoms. The van der Waals surface area contributed by atoms with Crippen LogP contribution in [0.15, 0.2) is 253 Å². The Balaban J connectivity index is 0.000000171. The Hall–Kier alpha value is -14.9. The largest absolute Gasteiger partial charge is 0.207 e. The SMILES string of the molecule is Cc1cc([S+](c2ccc(-c3ccccc3)cc2)c2ccccc2C)ccc1Sc1cc([SH+]c2ccccc2-c2ccc(-c3ccccc3C)cc2)ccc1-c1ccccc1.Fc1c(F)c(F)c([B-](c2c(F)c(F)c(F)c(F)c2F)(c2c(F)c(F)c(F)c(F)c2F)c2c(F)c(F)c(F)c(F)c2F)c(F)c1F.Fc1c(F)c(F)c([B-](c2c(F)c(F)c(F)c(F)c2F)(c2c(F)c(F)c(F)c(F)c2F)c2c(F)c(F)c(F)c(F)c2F)c(F)c1F. The van der Waals surface area contributed by atoms with E-state index < -0.39 is 289 Å². The van der Waals surface area contributed by atoms with Crippen molar-refractivity contribution < 1.29 is 176 Å². The van der Waals surface area contributed by atoms with Crippen LogP contribution in [0.1, 0.15) is 16.7 Å². The molecule has 17 rings (SSSR count). The van der Waals surface area contributed by atoms with Crippen LogP contribution in [-0.2, 0) is 22.7 Å². The first kappa shape index (κ1) is 109. The normalized spacial score (nSPS) is 11.9. The van der Waals surface area contributed by atoms with Crippen molar-refractivity contribution in [2.24, 2.45) is 0 Å². The zero-order valence-corrected chi connectivity index (χ0v) is 76.8. The minimum atomic E-state index is -7.22. The summed E-state index contributed by atoms with van der Waals surface area (Å²) < 4.78 is 588. The zero-order valence-electron chi connectivity index (χ0n) is 74.3. The van der Waals surface area contributed by atoms with Gasteiger partial charge >= 0.3 is 0 Å². The molecule has 0 saturated heterocycles. The molecule has 150 heavy (non-hydrogen) atoms. The summed E-state index contributed by atoms with van der Waals surface area (Å²) in [6.07, 6.45) is -14.4. The molecule has 0 bridgehead atoms. The van der Waals surface area contributed by atoms with E-state index in [1.165, 1.54) is 107 Å². The number of hydrogen-bond donors (Lipinski definition) is 0. The number of hydrogen-bond acceptors (Lipinski definition) is 1. The summed E-state index contributed by atoms with van der Waals surface area (Å²) in [5, 5.41) is 0. The second-order valence-electron chi connectivity index (χ2n) is 32.7. The summed E-state index contributed by atoms with van der Waals surface area (Å²) in [6.45, 7) is 6.69. The molecule has 0 amide bonds. The van der Waals surface area contributed by atoms with Gasteiger partial charge < -0.3 is 0 Å². The lowest BCUT2D eigenvalue weighted by molar-refractivity contribution is 0.377. The molecule has 0 aliphatic carbocycles. The first-order chi connectivity index (χ1) is 70.9. The van der Waals surface area contributed by atoms with Crippen LogP contribution < -0.4 is 43.7 Å². The lowest BCUT2D eigenvalue weighted by Gasteiger charge is -2.44. The van der Waals surface area contributed by atoms with Gasteiger partial charge in [-0.3, -0.25) is 0 Å². The molecule has 17 aromatic carbocycles. The van der Waals surface area contributed by atoms with Gasteiger partial charge in [-0.25, -0.2) is 176 Å². The van der Waals surface area contributed by atoms with Gasteiger partial charge in [0.05, 0.1) is 10.9 Å². The summed E-state index contributed by atoms with van der Waals surface area (Å²) in [5.41, 5.74) is -14.8. The zero-order chi connectivity index (χ0) is 110. The standard InChI is InChI=1S/C57H45S3.2C24BF20/c1-40-16-10-12-22-51(40)46-26-28-47(29-27-46)52-23-13-14-24-55(52)58-48-32-36-53(45-20-8-5-9-21-45)56(39-48)59-54-37-35-50(38-42(54)3)60(57-25-15-11-17-41(57)2)49-33-30-44(31-34-49)43-18-6-4-7-19-43;2*26-5-1(6(27)14(35)21(42)13(5)34)25(2-7(28)15(36)22(43)16(37)8(2)29,3-9(30)17(38)23(44)18(39)10(3)31)4-11(32)19(40)24(45)20(41)12(4)33/h4-39H,1-3H3;;/q+1;2*-1/p+1. The van der Waals surface area contributed by atoms with Crippen molar-refractivity contribution in [2.45, 2.75) is 55.0 Å². The molecule has 0 radical (unpaired) electrons. The Bertz CT molecular complexity index is 7290. The van der Waals surface area contributed by atoms with Crippen LogP contribution in [0, 0.1) is 253 Å². The van der Waals surface area contributed by atoms with Crippen molar-refractivity contribution >= 4 is 90.4 Å². The molecule has 0 aromatic heterocycles. The lowest BCUT2D eigenvalue weighted by atomic mass is 9.12. The summed E-state index contributed by atoms with van der Waals surface area (Å²) in [6, 6.07) is 80.2. The fourth-order valence-electron chi connectivity index (χ4n) is 17.5. The van der Waals surface area contributed by atoms with E-state index in [0.29, 0.717) is 0 Å². The monoisotopic (exact) mass is 2180 g/mol. The highest BCUT2D eigenvalue weighted by atomic mass is 32.2. The van der Waals surface area contributed by atoms with E-state index in [0.717, 1.165) is 0 Å². The predicted octanol–water partition coefficient (Wildman–Crippen LogP) is 27.5. The topological polar surface area (TPSA) is 0 Å². The van der Waals surface area contributed by atoms with Gasteiger partial charge in [0.15, 0.2) is 164 Å². The van der Waals surface area contributed by atoms with Gasteiger partial charge in [0.1, 0.15) is 105 Å². The highest BCUT2D eigenvalue weighted by molar-refractivity contribution is 7.99. The van der Waals surface area contributed by atoms with Gasteiger partial charge in [-0.2, -0.15) is 0 Å². The minimum absolute atomic E-state index is 0.257. The van der Waals surface area contributed by atoms with Gasteiger partial charge in [-0.1, -0.05) is 151 Å². The Labute approximate surface area is 829 Å². The van der Waals surface area contributed by atoms with E-state index in [2.05, 4.69) is 239 Å². The van der Waals surface area contributed by atoms with Gasteiger partial charge in [0.25, 0.3) is 0 Å². The van der Waals surface area contributed by atoms with Crippen molar-refractivity contribution in [3.05, 3.63) is 468 Å². The van der Waals surface area contributed by atoms with Crippen molar-refractivity contribution in [1.82, 2.24) is 0 Å². The van der Waals surface area contributed by atoms with Gasteiger partial charge in [-0.15, -0.1) is 43.7 Å². The molecule has 0 heterocycles. The summed E-state index contributed by atoms with van der Waals surface area (Å²) in [5.74, 6) is -143. The average Bonchev–Trinajstić information content (AvgIpc) is 0.681. The van der Waals surface area contributed by atoms with E-state index in [1.807, 2.05) is 11.8 Å². The Morgan fingerprint density at radius 1 is 0.180 bits per heavy atom. The maximum atomic E-state index is 15.4. The van der Waals surface area contributed by atoms with E-state index in [-0.39, 0.29) is 10.9 Å². The van der Waals surface area contributed by atoms with Crippen LogP contribution in [0.25, 0.3) is 44.5 Å². The van der Waals surface area contributed by atoms with Crippen LogP contribution in [0.2, 0.25) is 0 Å². The van der Waals surface area contributed by atoms with Gasteiger partial charge in [-0.05, 0) is 144 Å².